The first-order chi connectivity index (χ1) is 11.8. The van der Waals surface area contributed by atoms with Crippen LogP contribution in [0.3, 0.4) is 0 Å². The second-order valence-corrected chi connectivity index (χ2v) is 5.98. The Hall–Kier alpha value is -2.33. The number of unbranched alkanes of at least 4 members (excludes halogenated alkanes) is 1. The number of rotatable bonds is 8. The number of aromatic nitrogens is 2. The lowest BCUT2D eigenvalue weighted by Gasteiger charge is -2.10. The number of imidazole rings is 1. The van der Waals surface area contributed by atoms with E-state index in [4.69, 9.17) is 9.72 Å². The van der Waals surface area contributed by atoms with Crippen LogP contribution in [0.15, 0.2) is 48.5 Å². The third-order valence-corrected chi connectivity index (χ3v) is 4.21. The molecule has 1 heterocycles. The van der Waals surface area contributed by atoms with E-state index in [2.05, 4.69) is 47.1 Å². The van der Waals surface area contributed by atoms with Crippen molar-refractivity contribution in [3.8, 4) is 5.75 Å². The largest absolute Gasteiger partial charge is 0.497 e. The van der Waals surface area contributed by atoms with Crippen LogP contribution in [0.4, 0.5) is 0 Å². The Morgan fingerprint density at radius 2 is 1.96 bits per heavy atom. The summed E-state index contributed by atoms with van der Waals surface area (Å²) in [4.78, 5) is 4.84. The quantitative estimate of drug-likeness (QED) is 0.637. The van der Waals surface area contributed by atoms with E-state index in [0.717, 1.165) is 42.2 Å². The number of nitrogens with one attached hydrogen (secondary N) is 1. The standard InChI is InChI=1S/C20H25N3O/c1-3-4-12-21-14-20-22-18-13-17(24-2)10-11-19(18)23(20)15-16-8-6-5-7-9-16/h5-11,13,21H,3-4,12,14-15H2,1-2H3. The topological polar surface area (TPSA) is 39.1 Å². The van der Waals surface area contributed by atoms with Gasteiger partial charge in [0, 0.05) is 12.6 Å². The first-order valence-electron chi connectivity index (χ1n) is 8.59. The summed E-state index contributed by atoms with van der Waals surface area (Å²) in [6.07, 6.45) is 2.39. The predicted molar refractivity (Wildman–Crippen MR) is 98.4 cm³/mol. The molecule has 0 bridgehead atoms. The molecule has 0 atom stereocenters. The molecule has 0 radical (unpaired) electrons. The summed E-state index contributed by atoms with van der Waals surface area (Å²) in [5.74, 6) is 1.91. The Balaban J connectivity index is 1.92. The van der Waals surface area contributed by atoms with Gasteiger partial charge < -0.3 is 14.6 Å². The maximum absolute atomic E-state index is 5.34. The molecule has 4 nitrogen and oxygen atoms in total. The number of fused-ring (bicyclic) bond motifs is 1. The van der Waals surface area contributed by atoms with Gasteiger partial charge in [-0.15, -0.1) is 0 Å². The number of hydrogen-bond acceptors (Lipinski definition) is 3. The summed E-state index contributed by atoms with van der Waals surface area (Å²) in [5.41, 5.74) is 3.41. The molecule has 0 aliphatic rings. The van der Waals surface area contributed by atoms with Gasteiger partial charge in [-0.25, -0.2) is 4.98 Å². The monoisotopic (exact) mass is 323 g/mol. The number of nitrogens with zero attached hydrogens (tertiary/aromatic N) is 2. The van der Waals surface area contributed by atoms with Gasteiger partial charge in [0.2, 0.25) is 0 Å². The average molecular weight is 323 g/mol. The van der Waals surface area contributed by atoms with E-state index < -0.39 is 0 Å². The molecule has 126 valence electrons. The molecule has 0 aliphatic heterocycles. The van der Waals surface area contributed by atoms with Gasteiger partial charge in [-0.3, -0.25) is 0 Å². The van der Waals surface area contributed by atoms with Crippen molar-refractivity contribution in [2.24, 2.45) is 0 Å². The number of benzene rings is 2. The fraction of sp³-hybridized carbons (Fsp3) is 0.350. The summed E-state index contributed by atoms with van der Waals surface area (Å²) in [6, 6.07) is 16.6. The molecule has 0 saturated carbocycles. The number of ether oxygens (including phenoxy) is 1. The highest BCUT2D eigenvalue weighted by Gasteiger charge is 2.11. The average Bonchev–Trinajstić information content (AvgIpc) is 2.96. The van der Waals surface area contributed by atoms with Crippen LogP contribution in [0.25, 0.3) is 11.0 Å². The van der Waals surface area contributed by atoms with Crippen LogP contribution in [0.5, 0.6) is 5.75 Å². The summed E-state index contributed by atoms with van der Waals surface area (Å²) in [6.45, 7) is 4.84. The van der Waals surface area contributed by atoms with Crippen LogP contribution in [0.2, 0.25) is 0 Å². The van der Waals surface area contributed by atoms with Gasteiger partial charge in [-0.05, 0) is 30.7 Å². The van der Waals surface area contributed by atoms with Crippen LogP contribution in [0, 0.1) is 0 Å². The second-order valence-electron chi connectivity index (χ2n) is 5.98. The minimum atomic E-state index is 0.782. The molecule has 3 aromatic rings. The molecule has 1 aromatic heterocycles. The summed E-state index contributed by atoms with van der Waals surface area (Å²) >= 11 is 0. The molecule has 0 spiro atoms. The van der Waals surface area contributed by atoms with E-state index in [9.17, 15) is 0 Å². The van der Waals surface area contributed by atoms with Gasteiger partial charge in [0.05, 0.1) is 24.7 Å². The molecule has 0 unspecified atom stereocenters. The molecule has 1 N–H and O–H groups in total. The third kappa shape index (κ3) is 3.77. The predicted octanol–water partition coefficient (Wildman–Crippen LogP) is 3.98. The molecular weight excluding hydrogens is 298 g/mol. The van der Waals surface area contributed by atoms with E-state index in [-0.39, 0.29) is 0 Å². The molecule has 4 heteroatoms. The smallest absolute Gasteiger partial charge is 0.124 e. The molecule has 0 saturated heterocycles. The van der Waals surface area contributed by atoms with Crippen LogP contribution in [0.1, 0.15) is 31.2 Å². The zero-order chi connectivity index (χ0) is 16.8. The Labute approximate surface area is 143 Å². The molecule has 3 rings (SSSR count). The summed E-state index contributed by atoms with van der Waals surface area (Å²) < 4.78 is 7.63. The first-order valence-corrected chi connectivity index (χ1v) is 8.59. The van der Waals surface area contributed by atoms with Crippen LogP contribution in [-0.4, -0.2) is 23.2 Å². The fourth-order valence-corrected chi connectivity index (χ4v) is 2.87. The van der Waals surface area contributed by atoms with E-state index in [0.29, 0.717) is 0 Å². The van der Waals surface area contributed by atoms with Crippen molar-refractivity contribution < 1.29 is 4.74 Å². The highest BCUT2D eigenvalue weighted by molar-refractivity contribution is 5.78. The van der Waals surface area contributed by atoms with Crippen molar-refractivity contribution in [3.63, 3.8) is 0 Å². The highest BCUT2D eigenvalue weighted by Crippen LogP contribution is 2.23. The first kappa shape index (κ1) is 16.5. The normalized spacial score (nSPS) is 11.1. The molecule has 2 aromatic carbocycles. The Kier molecular flexibility index (Phi) is 5.49. The Morgan fingerprint density at radius 1 is 1.12 bits per heavy atom. The van der Waals surface area contributed by atoms with Gasteiger partial charge in [0.25, 0.3) is 0 Å². The SMILES string of the molecule is CCCCNCc1nc2cc(OC)ccc2n1Cc1ccccc1. The lowest BCUT2D eigenvalue weighted by molar-refractivity contribution is 0.415. The Bertz CT molecular complexity index is 780. The molecule has 24 heavy (non-hydrogen) atoms. The molecule has 0 fully saturated rings. The van der Waals surface area contributed by atoms with Crippen molar-refractivity contribution in [1.82, 2.24) is 14.9 Å². The van der Waals surface area contributed by atoms with Crippen molar-refractivity contribution in [1.29, 1.82) is 0 Å². The molecule has 0 aliphatic carbocycles. The summed E-state index contributed by atoms with van der Waals surface area (Å²) in [7, 11) is 1.69. The lowest BCUT2D eigenvalue weighted by Crippen LogP contribution is -2.18. The molecule has 0 amide bonds. The zero-order valence-electron chi connectivity index (χ0n) is 14.5. The Morgan fingerprint density at radius 3 is 2.71 bits per heavy atom. The van der Waals surface area contributed by atoms with Crippen molar-refractivity contribution in [2.75, 3.05) is 13.7 Å². The maximum atomic E-state index is 5.34. The minimum Gasteiger partial charge on any atom is -0.497 e. The van der Waals surface area contributed by atoms with Gasteiger partial charge in [-0.1, -0.05) is 43.7 Å². The van der Waals surface area contributed by atoms with Gasteiger partial charge in [-0.2, -0.15) is 0 Å². The lowest BCUT2D eigenvalue weighted by atomic mass is 10.2. The highest BCUT2D eigenvalue weighted by atomic mass is 16.5. The molecular formula is C20H25N3O. The van der Waals surface area contributed by atoms with Crippen LogP contribution < -0.4 is 10.1 Å². The second kappa shape index (κ2) is 7.97. The zero-order valence-corrected chi connectivity index (χ0v) is 14.5. The van der Waals surface area contributed by atoms with Crippen LogP contribution in [-0.2, 0) is 13.1 Å². The van der Waals surface area contributed by atoms with Gasteiger partial charge in [0.15, 0.2) is 0 Å². The van der Waals surface area contributed by atoms with E-state index in [1.807, 2.05) is 18.2 Å². The third-order valence-electron chi connectivity index (χ3n) is 4.21. The van der Waals surface area contributed by atoms with Gasteiger partial charge in [0.1, 0.15) is 11.6 Å². The van der Waals surface area contributed by atoms with Crippen molar-refractivity contribution in [2.45, 2.75) is 32.9 Å². The maximum Gasteiger partial charge on any atom is 0.124 e. The van der Waals surface area contributed by atoms with Crippen molar-refractivity contribution in [3.05, 3.63) is 59.9 Å². The van der Waals surface area contributed by atoms with E-state index in [1.165, 1.54) is 18.4 Å². The fourth-order valence-electron chi connectivity index (χ4n) is 2.87. The van der Waals surface area contributed by atoms with Gasteiger partial charge >= 0.3 is 0 Å². The number of methoxy groups -OCH3 is 1. The van der Waals surface area contributed by atoms with Crippen molar-refractivity contribution >= 4 is 11.0 Å². The van der Waals surface area contributed by atoms with E-state index in [1.54, 1.807) is 7.11 Å². The minimum absolute atomic E-state index is 0.782. The van der Waals surface area contributed by atoms with Crippen LogP contribution >= 0.6 is 0 Å². The van der Waals surface area contributed by atoms with E-state index >= 15 is 0 Å². The number of hydrogen-bond donors (Lipinski definition) is 1. The summed E-state index contributed by atoms with van der Waals surface area (Å²) in [5, 5.41) is 3.50.